The van der Waals surface area contributed by atoms with Crippen LogP contribution in [0.2, 0.25) is 39.3 Å². The molecule has 2 atom stereocenters. The van der Waals surface area contributed by atoms with Crippen LogP contribution in [0.5, 0.6) is 0 Å². The lowest BCUT2D eigenvalue weighted by atomic mass is 9.79. The maximum Gasteiger partial charge on any atom is 0.296 e. The molecule has 0 aliphatic heterocycles. The smallest absolute Gasteiger partial charge is 0.296 e. The normalized spacial score (nSPS) is 24.1. The van der Waals surface area contributed by atoms with Crippen molar-refractivity contribution in [1.82, 2.24) is 0 Å². The van der Waals surface area contributed by atoms with Crippen LogP contribution >= 0.6 is 0 Å². The molecule has 0 radical (unpaired) electrons. The Morgan fingerprint density at radius 1 is 0.750 bits per heavy atom. The Morgan fingerprint density at radius 3 is 1.30 bits per heavy atom. The van der Waals surface area contributed by atoms with Gasteiger partial charge in [0, 0.05) is 0 Å². The molecule has 1 rings (SSSR count). The Bertz CT molecular complexity index is 332. The average Bonchev–Trinajstić information content (AvgIpc) is 2.24. The van der Waals surface area contributed by atoms with E-state index in [-0.39, 0.29) is 23.8 Å². The summed E-state index contributed by atoms with van der Waals surface area (Å²) in [6.45, 7) is 11.9. The van der Waals surface area contributed by atoms with Crippen LogP contribution in [0.25, 0.3) is 0 Å². The zero-order valence-corrected chi connectivity index (χ0v) is 15.6. The van der Waals surface area contributed by atoms with Gasteiger partial charge in [-0.3, -0.25) is 9.59 Å². The molecule has 0 heterocycles. The van der Waals surface area contributed by atoms with Crippen molar-refractivity contribution in [2.75, 3.05) is 0 Å². The summed E-state index contributed by atoms with van der Waals surface area (Å²) in [6, 6.07) is 0. The first-order chi connectivity index (χ1) is 8.99. The van der Waals surface area contributed by atoms with Gasteiger partial charge in [-0.15, -0.1) is 0 Å². The lowest BCUT2D eigenvalue weighted by Crippen LogP contribution is -2.42. The molecular formula is C14H28O4Si2. The molecule has 0 spiro atoms. The van der Waals surface area contributed by atoms with Gasteiger partial charge in [0.05, 0.1) is 11.8 Å². The summed E-state index contributed by atoms with van der Waals surface area (Å²) in [5.74, 6) is -0.999. The first-order valence-electron chi connectivity index (χ1n) is 7.45. The predicted molar refractivity (Wildman–Crippen MR) is 84.3 cm³/mol. The van der Waals surface area contributed by atoms with Gasteiger partial charge in [0.2, 0.25) is 16.6 Å². The van der Waals surface area contributed by atoms with Crippen LogP contribution in [0, 0.1) is 11.8 Å². The van der Waals surface area contributed by atoms with E-state index in [0.29, 0.717) is 0 Å². The molecule has 0 aromatic rings. The van der Waals surface area contributed by atoms with Crippen LogP contribution in [0.1, 0.15) is 25.7 Å². The Labute approximate surface area is 124 Å². The highest BCUT2D eigenvalue weighted by Crippen LogP contribution is 2.33. The van der Waals surface area contributed by atoms with E-state index in [1.165, 1.54) is 0 Å². The molecule has 1 saturated carbocycles. The summed E-state index contributed by atoms with van der Waals surface area (Å²) < 4.78 is 11.2. The van der Waals surface area contributed by atoms with Crippen LogP contribution in [-0.4, -0.2) is 28.6 Å². The van der Waals surface area contributed by atoms with Crippen molar-refractivity contribution >= 4 is 28.6 Å². The molecule has 0 amide bonds. The van der Waals surface area contributed by atoms with E-state index in [9.17, 15) is 9.59 Å². The van der Waals surface area contributed by atoms with E-state index < -0.39 is 16.6 Å². The van der Waals surface area contributed by atoms with Crippen LogP contribution in [0.4, 0.5) is 0 Å². The molecule has 116 valence electrons. The van der Waals surface area contributed by atoms with Crippen molar-refractivity contribution in [3.05, 3.63) is 0 Å². The summed E-state index contributed by atoms with van der Waals surface area (Å²) in [5.41, 5.74) is 0. The molecule has 0 N–H and O–H groups in total. The molecular weight excluding hydrogens is 288 g/mol. The molecule has 1 aliphatic rings. The third-order valence-corrected chi connectivity index (χ3v) is 4.81. The van der Waals surface area contributed by atoms with Crippen LogP contribution in [0.3, 0.4) is 0 Å². The second-order valence-corrected chi connectivity index (χ2v) is 16.4. The van der Waals surface area contributed by atoms with Gasteiger partial charge >= 0.3 is 0 Å². The Morgan fingerprint density at radius 2 is 1.05 bits per heavy atom. The van der Waals surface area contributed by atoms with E-state index >= 15 is 0 Å². The quantitative estimate of drug-likeness (QED) is 0.744. The van der Waals surface area contributed by atoms with Crippen LogP contribution in [-0.2, 0) is 18.4 Å². The molecule has 0 bridgehead atoms. The number of rotatable bonds is 4. The molecule has 0 aromatic heterocycles. The van der Waals surface area contributed by atoms with Crippen molar-refractivity contribution in [3.8, 4) is 0 Å². The van der Waals surface area contributed by atoms with E-state index in [4.69, 9.17) is 8.85 Å². The minimum absolute atomic E-state index is 0.193. The Balaban J connectivity index is 2.76. The summed E-state index contributed by atoms with van der Waals surface area (Å²) >= 11 is 0. The minimum Gasteiger partial charge on any atom is -0.520 e. The zero-order chi connectivity index (χ0) is 15.6. The zero-order valence-electron chi connectivity index (χ0n) is 13.6. The minimum atomic E-state index is -1.91. The maximum atomic E-state index is 12.3. The van der Waals surface area contributed by atoms with Crippen LogP contribution < -0.4 is 0 Å². The standard InChI is InChI=1S/C14H28O4Si2/c1-19(2,3)17-13(15)11-9-7-8-10-12(11)14(16)18-20(4,5)6/h11-12H,7-10H2,1-6H3. The Kier molecular flexibility index (Phi) is 5.60. The van der Waals surface area contributed by atoms with Crippen molar-refractivity contribution in [1.29, 1.82) is 0 Å². The second-order valence-electron chi connectivity index (χ2n) is 7.56. The molecule has 6 heteroatoms. The predicted octanol–water partition coefficient (Wildman–Crippen LogP) is 3.55. The van der Waals surface area contributed by atoms with Crippen molar-refractivity contribution in [2.45, 2.75) is 65.0 Å². The molecule has 1 aliphatic carbocycles. The fourth-order valence-corrected chi connectivity index (χ4v) is 3.96. The van der Waals surface area contributed by atoms with Crippen LogP contribution in [0.15, 0.2) is 0 Å². The highest BCUT2D eigenvalue weighted by Gasteiger charge is 2.40. The monoisotopic (exact) mass is 316 g/mol. The fraction of sp³-hybridized carbons (Fsp3) is 0.857. The highest BCUT2D eigenvalue weighted by atomic mass is 28.4. The van der Waals surface area contributed by atoms with Gasteiger partial charge in [0.15, 0.2) is 0 Å². The first-order valence-corrected chi connectivity index (χ1v) is 14.3. The SMILES string of the molecule is C[Si](C)(C)OC(=O)C1CCCCC1C(=O)O[Si](C)(C)C. The number of hydrogen-bond donors (Lipinski definition) is 0. The van der Waals surface area contributed by atoms with Gasteiger partial charge in [0.25, 0.3) is 11.9 Å². The van der Waals surface area contributed by atoms with Gasteiger partial charge in [-0.25, -0.2) is 0 Å². The number of hydrogen-bond acceptors (Lipinski definition) is 4. The van der Waals surface area contributed by atoms with Crippen molar-refractivity contribution < 1.29 is 18.4 Å². The van der Waals surface area contributed by atoms with E-state index in [1.54, 1.807) is 0 Å². The van der Waals surface area contributed by atoms with Gasteiger partial charge in [-0.1, -0.05) is 12.8 Å². The maximum absolute atomic E-state index is 12.3. The molecule has 0 saturated heterocycles. The molecule has 2 unspecified atom stereocenters. The largest absolute Gasteiger partial charge is 0.520 e. The van der Waals surface area contributed by atoms with Gasteiger partial charge < -0.3 is 8.85 Å². The third kappa shape index (κ3) is 5.79. The molecule has 0 aromatic carbocycles. The van der Waals surface area contributed by atoms with Crippen molar-refractivity contribution in [3.63, 3.8) is 0 Å². The third-order valence-electron chi connectivity index (χ3n) is 3.19. The summed E-state index contributed by atoms with van der Waals surface area (Å²) in [7, 11) is -3.82. The molecule has 4 nitrogen and oxygen atoms in total. The van der Waals surface area contributed by atoms with Gasteiger partial charge in [0.1, 0.15) is 0 Å². The van der Waals surface area contributed by atoms with E-state index in [0.717, 1.165) is 25.7 Å². The summed E-state index contributed by atoms with van der Waals surface area (Å²) in [4.78, 5) is 24.6. The van der Waals surface area contributed by atoms with E-state index in [1.807, 2.05) is 39.3 Å². The second kappa shape index (κ2) is 6.43. The highest BCUT2D eigenvalue weighted by molar-refractivity contribution is 6.71. The van der Waals surface area contributed by atoms with Gasteiger partial charge in [-0.2, -0.15) is 0 Å². The summed E-state index contributed by atoms with van der Waals surface area (Å²) in [6.07, 6.45) is 3.47. The molecule has 20 heavy (non-hydrogen) atoms. The topological polar surface area (TPSA) is 52.6 Å². The van der Waals surface area contributed by atoms with Gasteiger partial charge in [-0.05, 0) is 52.1 Å². The van der Waals surface area contributed by atoms with Crippen molar-refractivity contribution in [2.24, 2.45) is 11.8 Å². The fourth-order valence-electron chi connectivity index (χ4n) is 2.45. The first kappa shape index (κ1) is 17.4. The lowest BCUT2D eigenvalue weighted by Gasteiger charge is -2.32. The lowest BCUT2D eigenvalue weighted by molar-refractivity contribution is -0.153. The summed E-state index contributed by atoms with van der Waals surface area (Å²) in [5, 5.41) is 0. The Hall–Kier alpha value is -0.626. The number of carbonyl (C=O) groups excluding carboxylic acids is 2. The molecule has 1 fully saturated rings. The van der Waals surface area contributed by atoms with E-state index in [2.05, 4.69) is 0 Å². The number of carbonyl (C=O) groups is 2. The average molecular weight is 317 g/mol.